The topological polar surface area (TPSA) is 45.4 Å². The van der Waals surface area contributed by atoms with Gasteiger partial charge >= 0.3 is 0 Å². The highest BCUT2D eigenvalue weighted by atomic mass is 15.2. The van der Waals surface area contributed by atoms with Crippen molar-refractivity contribution in [1.29, 1.82) is 0 Å². The lowest BCUT2D eigenvalue weighted by Gasteiger charge is -2.36. The number of nitrogens with two attached hydrogens (primary N) is 1. The molecule has 4 heteroatoms. The summed E-state index contributed by atoms with van der Waals surface area (Å²) in [5.41, 5.74) is 7.50. The highest BCUT2D eigenvalue weighted by molar-refractivity contribution is 5.50. The summed E-state index contributed by atoms with van der Waals surface area (Å²) in [6.07, 6.45) is 2.51. The summed E-state index contributed by atoms with van der Waals surface area (Å²) < 4.78 is 0. The number of hydrogen-bond donors (Lipinski definition) is 1. The van der Waals surface area contributed by atoms with Crippen LogP contribution in [0.25, 0.3) is 0 Å². The standard InChI is InChI=1S/C13H22N4/c1-10-12(14)6-7-13(15-10)17-8-4-5-11(9-17)16(2)3/h6-7,11H,4-5,8-9,14H2,1-3H3. The summed E-state index contributed by atoms with van der Waals surface area (Å²) in [6.45, 7) is 4.12. The molecule has 0 amide bonds. The number of rotatable bonds is 2. The molecule has 1 aromatic heterocycles. The van der Waals surface area contributed by atoms with Crippen LogP contribution in [-0.4, -0.2) is 43.1 Å². The first-order chi connectivity index (χ1) is 8.08. The van der Waals surface area contributed by atoms with Gasteiger partial charge in [-0.05, 0) is 46.0 Å². The van der Waals surface area contributed by atoms with Gasteiger partial charge in [0.15, 0.2) is 0 Å². The SMILES string of the molecule is Cc1nc(N2CCCC(N(C)C)C2)ccc1N. The molecule has 94 valence electrons. The number of aromatic nitrogens is 1. The number of hydrogen-bond acceptors (Lipinski definition) is 4. The number of pyridine rings is 1. The van der Waals surface area contributed by atoms with Crippen LogP contribution in [0.15, 0.2) is 12.1 Å². The number of piperidine rings is 1. The molecule has 2 rings (SSSR count). The van der Waals surface area contributed by atoms with Crippen molar-refractivity contribution in [2.75, 3.05) is 37.8 Å². The predicted molar refractivity (Wildman–Crippen MR) is 72.3 cm³/mol. The van der Waals surface area contributed by atoms with Crippen LogP contribution < -0.4 is 10.6 Å². The third kappa shape index (κ3) is 2.69. The molecule has 1 aliphatic rings. The summed E-state index contributed by atoms with van der Waals surface area (Å²) in [4.78, 5) is 9.24. The second-order valence-electron chi connectivity index (χ2n) is 5.05. The van der Waals surface area contributed by atoms with E-state index in [4.69, 9.17) is 5.73 Å². The minimum atomic E-state index is 0.628. The maximum Gasteiger partial charge on any atom is 0.129 e. The number of nitrogens with zero attached hydrogens (tertiary/aromatic N) is 3. The number of likely N-dealkylation sites (N-methyl/N-ethyl adjacent to an activating group) is 1. The van der Waals surface area contributed by atoms with Crippen LogP contribution in [0.2, 0.25) is 0 Å². The molecule has 17 heavy (non-hydrogen) atoms. The average Bonchev–Trinajstić information content (AvgIpc) is 2.33. The van der Waals surface area contributed by atoms with Gasteiger partial charge in [-0.25, -0.2) is 4.98 Å². The second kappa shape index (κ2) is 4.92. The highest BCUT2D eigenvalue weighted by Crippen LogP contribution is 2.21. The molecule has 1 unspecified atom stereocenters. The first-order valence-corrected chi connectivity index (χ1v) is 6.22. The monoisotopic (exact) mass is 234 g/mol. The van der Waals surface area contributed by atoms with Crippen molar-refractivity contribution in [1.82, 2.24) is 9.88 Å². The molecule has 0 aromatic carbocycles. The Morgan fingerprint density at radius 3 is 2.82 bits per heavy atom. The van der Waals surface area contributed by atoms with Crippen LogP contribution in [0.1, 0.15) is 18.5 Å². The molecule has 1 aliphatic heterocycles. The Bertz CT molecular complexity index is 389. The molecule has 0 radical (unpaired) electrons. The number of aryl methyl sites for hydroxylation is 1. The van der Waals surface area contributed by atoms with Crippen LogP contribution >= 0.6 is 0 Å². The van der Waals surface area contributed by atoms with Gasteiger partial charge in [-0.3, -0.25) is 0 Å². The van der Waals surface area contributed by atoms with Crippen molar-refractivity contribution >= 4 is 11.5 Å². The number of nitrogen functional groups attached to an aromatic ring is 1. The lowest BCUT2D eigenvalue weighted by molar-refractivity contribution is 0.257. The Hall–Kier alpha value is -1.29. The zero-order valence-electron chi connectivity index (χ0n) is 11.0. The molecule has 2 heterocycles. The van der Waals surface area contributed by atoms with Crippen LogP contribution in [0.5, 0.6) is 0 Å². The van der Waals surface area contributed by atoms with Crippen molar-refractivity contribution in [2.45, 2.75) is 25.8 Å². The summed E-state index contributed by atoms with van der Waals surface area (Å²) in [7, 11) is 4.30. The fraction of sp³-hybridized carbons (Fsp3) is 0.615. The van der Waals surface area contributed by atoms with E-state index < -0.39 is 0 Å². The Kier molecular flexibility index (Phi) is 3.52. The summed E-state index contributed by atoms with van der Waals surface area (Å²) >= 11 is 0. The molecule has 2 N–H and O–H groups in total. The average molecular weight is 234 g/mol. The fourth-order valence-electron chi connectivity index (χ4n) is 2.32. The zero-order valence-corrected chi connectivity index (χ0v) is 11.0. The third-order valence-corrected chi connectivity index (χ3v) is 3.56. The zero-order chi connectivity index (χ0) is 12.4. The Labute approximate surface area is 103 Å². The molecule has 0 saturated carbocycles. The molecule has 1 aromatic rings. The van der Waals surface area contributed by atoms with Crippen LogP contribution in [0.3, 0.4) is 0 Å². The molecular weight excluding hydrogens is 212 g/mol. The fourth-order valence-corrected chi connectivity index (χ4v) is 2.32. The van der Waals surface area contributed by atoms with Gasteiger partial charge in [0.1, 0.15) is 5.82 Å². The molecule has 4 nitrogen and oxygen atoms in total. The first-order valence-electron chi connectivity index (χ1n) is 6.22. The molecule has 1 saturated heterocycles. The van der Waals surface area contributed by atoms with Gasteiger partial charge in [-0.2, -0.15) is 0 Å². The Morgan fingerprint density at radius 1 is 1.41 bits per heavy atom. The third-order valence-electron chi connectivity index (χ3n) is 3.56. The first kappa shape index (κ1) is 12.2. The predicted octanol–water partition coefficient (Wildman–Crippen LogP) is 1.50. The van der Waals surface area contributed by atoms with E-state index in [9.17, 15) is 0 Å². The van der Waals surface area contributed by atoms with E-state index in [2.05, 4.69) is 28.9 Å². The van der Waals surface area contributed by atoms with Crippen molar-refractivity contribution in [3.8, 4) is 0 Å². The van der Waals surface area contributed by atoms with Gasteiger partial charge in [-0.15, -0.1) is 0 Å². The lowest BCUT2D eigenvalue weighted by atomic mass is 10.0. The highest BCUT2D eigenvalue weighted by Gasteiger charge is 2.22. The normalized spacial score (nSPS) is 20.9. The smallest absolute Gasteiger partial charge is 0.129 e. The van der Waals surface area contributed by atoms with Crippen molar-refractivity contribution in [2.24, 2.45) is 0 Å². The summed E-state index contributed by atoms with van der Waals surface area (Å²) in [5, 5.41) is 0. The van der Waals surface area contributed by atoms with Gasteiger partial charge in [0.05, 0.1) is 11.4 Å². The van der Waals surface area contributed by atoms with Crippen molar-refractivity contribution < 1.29 is 0 Å². The Morgan fingerprint density at radius 2 is 2.18 bits per heavy atom. The second-order valence-corrected chi connectivity index (χ2v) is 5.05. The van der Waals surface area contributed by atoms with Crippen LogP contribution in [0, 0.1) is 6.92 Å². The van der Waals surface area contributed by atoms with E-state index in [-0.39, 0.29) is 0 Å². The van der Waals surface area contributed by atoms with Crippen LogP contribution in [0.4, 0.5) is 11.5 Å². The Balaban J connectivity index is 2.13. The largest absolute Gasteiger partial charge is 0.397 e. The minimum Gasteiger partial charge on any atom is -0.397 e. The lowest BCUT2D eigenvalue weighted by Crippen LogP contribution is -2.45. The van der Waals surface area contributed by atoms with Gasteiger partial charge in [0.2, 0.25) is 0 Å². The maximum absolute atomic E-state index is 5.80. The molecule has 0 aliphatic carbocycles. The van der Waals surface area contributed by atoms with Crippen LogP contribution in [-0.2, 0) is 0 Å². The van der Waals surface area contributed by atoms with E-state index in [0.717, 1.165) is 30.3 Å². The number of anilines is 2. The molecule has 1 atom stereocenters. The van der Waals surface area contributed by atoms with E-state index in [1.807, 2.05) is 19.1 Å². The maximum atomic E-state index is 5.80. The van der Waals surface area contributed by atoms with E-state index >= 15 is 0 Å². The summed E-state index contributed by atoms with van der Waals surface area (Å²) in [6, 6.07) is 4.61. The van der Waals surface area contributed by atoms with E-state index in [1.54, 1.807) is 0 Å². The molecular formula is C13H22N4. The molecule has 0 spiro atoms. The minimum absolute atomic E-state index is 0.628. The quantitative estimate of drug-likeness (QED) is 0.842. The van der Waals surface area contributed by atoms with Crippen molar-refractivity contribution in [3.63, 3.8) is 0 Å². The summed E-state index contributed by atoms with van der Waals surface area (Å²) in [5.74, 6) is 1.06. The molecule has 0 bridgehead atoms. The van der Waals surface area contributed by atoms with Gasteiger partial charge in [0.25, 0.3) is 0 Å². The van der Waals surface area contributed by atoms with Crippen molar-refractivity contribution in [3.05, 3.63) is 17.8 Å². The van der Waals surface area contributed by atoms with Gasteiger partial charge in [-0.1, -0.05) is 0 Å². The van der Waals surface area contributed by atoms with E-state index in [0.29, 0.717) is 6.04 Å². The van der Waals surface area contributed by atoms with Gasteiger partial charge < -0.3 is 15.5 Å². The van der Waals surface area contributed by atoms with E-state index in [1.165, 1.54) is 12.8 Å². The molecule has 1 fully saturated rings. The van der Waals surface area contributed by atoms with Gasteiger partial charge in [0, 0.05) is 19.1 Å².